The summed E-state index contributed by atoms with van der Waals surface area (Å²) in [6, 6.07) is 0. The first kappa shape index (κ1) is 14.5. The third-order valence-electron chi connectivity index (χ3n) is 3.45. The molecule has 0 aromatic carbocycles. The number of hydrogen-bond donors (Lipinski definition) is 1. The summed E-state index contributed by atoms with van der Waals surface area (Å²) in [5.41, 5.74) is 5.18. The third kappa shape index (κ3) is 4.28. The Morgan fingerprint density at radius 3 is 2.82 bits per heavy atom. The number of unbranched alkanes of at least 4 members (excludes halogenated alkanes) is 3. The molecule has 0 saturated heterocycles. The van der Waals surface area contributed by atoms with Crippen molar-refractivity contribution in [3.63, 3.8) is 0 Å². The van der Waals surface area contributed by atoms with Gasteiger partial charge in [0.1, 0.15) is 5.54 Å². The Kier molecular flexibility index (Phi) is 5.92. The highest BCUT2D eigenvalue weighted by Crippen LogP contribution is 2.30. The van der Waals surface area contributed by atoms with Crippen molar-refractivity contribution >= 4 is 5.97 Å². The molecule has 4 nitrogen and oxygen atoms in total. The fraction of sp³-hybridized carbons (Fsp3) is 0.923. The minimum atomic E-state index is -0.817. The molecule has 1 fully saturated rings. The predicted molar refractivity (Wildman–Crippen MR) is 66.7 cm³/mol. The van der Waals surface area contributed by atoms with E-state index in [0.717, 1.165) is 19.4 Å². The van der Waals surface area contributed by atoms with Gasteiger partial charge < -0.3 is 15.2 Å². The molecule has 1 rings (SSSR count). The number of methoxy groups -OCH3 is 1. The monoisotopic (exact) mass is 243 g/mol. The van der Waals surface area contributed by atoms with E-state index in [1.807, 2.05) is 0 Å². The summed E-state index contributed by atoms with van der Waals surface area (Å²) in [4.78, 5) is 11.5. The van der Waals surface area contributed by atoms with E-state index in [2.05, 4.69) is 6.92 Å². The van der Waals surface area contributed by atoms with E-state index in [-0.39, 0.29) is 12.1 Å². The van der Waals surface area contributed by atoms with Crippen molar-refractivity contribution in [2.24, 2.45) is 5.73 Å². The topological polar surface area (TPSA) is 61.5 Å². The lowest BCUT2D eigenvalue weighted by Gasteiger charge is -2.20. The first-order valence-corrected chi connectivity index (χ1v) is 6.61. The van der Waals surface area contributed by atoms with Crippen molar-refractivity contribution in [2.75, 3.05) is 13.7 Å². The number of ether oxygens (including phenoxy) is 2. The maximum absolute atomic E-state index is 11.5. The zero-order valence-corrected chi connectivity index (χ0v) is 11.0. The Morgan fingerprint density at radius 2 is 2.18 bits per heavy atom. The molecule has 0 aromatic rings. The molecule has 100 valence electrons. The molecule has 0 heterocycles. The predicted octanol–water partition coefficient (Wildman–Crippen LogP) is 2.01. The minimum Gasteiger partial charge on any atom is -0.468 e. The summed E-state index contributed by atoms with van der Waals surface area (Å²) in [5.74, 6) is -0.311. The van der Waals surface area contributed by atoms with E-state index in [0.29, 0.717) is 12.8 Å². The summed E-state index contributed by atoms with van der Waals surface area (Å²) >= 11 is 0. The maximum atomic E-state index is 11.5. The van der Waals surface area contributed by atoms with Crippen LogP contribution in [0.2, 0.25) is 0 Å². The third-order valence-corrected chi connectivity index (χ3v) is 3.45. The standard InChI is InChI=1S/C13H25NO3/c1-3-4-5-6-9-17-11-7-8-13(14,10-11)12(15)16-2/h11H,3-10,14H2,1-2H3. The Morgan fingerprint density at radius 1 is 1.41 bits per heavy atom. The van der Waals surface area contributed by atoms with Crippen molar-refractivity contribution in [3.8, 4) is 0 Å². The lowest BCUT2D eigenvalue weighted by atomic mass is 10.00. The van der Waals surface area contributed by atoms with Crippen LogP contribution < -0.4 is 5.73 Å². The van der Waals surface area contributed by atoms with Gasteiger partial charge in [-0.3, -0.25) is 4.79 Å². The van der Waals surface area contributed by atoms with E-state index < -0.39 is 5.54 Å². The molecule has 0 spiro atoms. The van der Waals surface area contributed by atoms with Crippen molar-refractivity contribution in [1.29, 1.82) is 0 Å². The van der Waals surface area contributed by atoms with Crippen molar-refractivity contribution in [2.45, 2.75) is 63.5 Å². The van der Waals surface area contributed by atoms with Gasteiger partial charge in [-0.15, -0.1) is 0 Å². The Labute approximate surface area is 104 Å². The molecule has 0 aliphatic heterocycles. The van der Waals surface area contributed by atoms with Crippen molar-refractivity contribution in [3.05, 3.63) is 0 Å². The summed E-state index contributed by atoms with van der Waals surface area (Å²) in [6.45, 7) is 2.97. The quantitative estimate of drug-likeness (QED) is 0.549. The van der Waals surface area contributed by atoms with Crippen LogP contribution in [-0.4, -0.2) is 31.3 Å². The minimum absolute atomic E-state index is 0.126. The van der Waals surface area contributed by atoms with Gasteiger partial charge in [-0.1, -0.05) is 26.2 Å². The maximum Gasteiger partial charge on any atom is 0.325 e. The number of carbonyl (C=O) groups excluding carboxylic acids is 1. The zero-order chi connectivity index (χ0) is 12.7. The SMILES string of the molecule is CCCCCCOC1CCC(N)(C(=O)OC)C1. The average Bonchev–Trinajstić information content (AvgIpc) is 2.71. The molecule has 1 aliphatic carbocycles. The van der Waals surface area contributed by atoms with Crippen LogP contribution in [0.4, 0.5) is 0 Å². The number of esters is 1. The summed E-state index contributed by atoms with van der Waals surface area (Å²) < 4.78 is 10.5. The Bertz CT molecular complexity index is 245. The Hall–Kier alpha value is -0.610. The van der Waals surface area contributed by atoms with Crippen molar-refractivity contribution in [1.82, 2.24) is 0 Å². The highest BCUT2D eigenvalue weighted by atomic mass is 16.5. The van der Waals surface area contributed by atoms with Gasteiger partial charge in [0.2, 0.25) is 0 Å². The van der Waals surface area contributed by atoms with Crippen LogP contribution in [0.25, 0.3) is 0 Å². The zero-order valence-electron chi connectivity index (χ0n) is 11.0. The first-order chi connectivity index (χ1) is 8.12. The van der Waals surface area contributed by atoms with Crippen molar-refractivity contribution < 1.29 is 14.3 Å². The number of rotatable bonds is 7. The largest absolute Gasteiger partial charge is 0.468 e. The highest BCUT2D eigenvalue weighted by Gasteiger charge is 2.43. The number of nitrogens with two attached hydrogens (primary N) is 1. The van der Waals surface area contributed by atoms with Gasteiger partial charge in [-0.25, -0.2) is 0 Å². The highest BCUT2D eigenvalue weighted by molar-refractivity contribution is 5.80. The molecule has 2 unspecified atom stereocenters. The summed E-state index contributed by atoms with van der Waals surface area (Å²) in [5, 5.41) is 0. The molecular formula is C13H25NO3. The van der Waals surface area contributed by atoms with Crippen LogP contribution in [0.1, 0.15) is 51.9 Å². The van der Waals surface area contributed by atoms with E-state index in [1.165, 1.54) is 26.4 Å². The molecule has 17 heavy (non-hydrogen) atoms. The van der Waals surface area contributed by atoms with E-state index in [1.54, 1.807) is 0 Å². The van der Waals surface area contributed by atoms with Crippen LogP contribution in [0.3, 0.4) is 0 Å². The van der Waals surface area contributed by atoms with E-state index >= 15 is 0 Å². The first-order valence-electron chi connectivity index (χ1n) is 6.61. The smallest absolute Gasteiger partial charge is 0.325 e. The molecule has 1 aliphatic rings. The molecule has 0 radical (unpaired) electrons. The lowest BCUT2D eigenvalue weighted by Crippen LogP contribution is -2.46. The number of carbonyl (C=O) groups is 1. The molecule has 4 heteroatoms. The average molecular weight is 243 g/mol. The summed E-state index contributed by atoms with van der Waals surface area (Å²) in [7, 11) is 1.38. The van der Waals surface area contributed by atoms with E-state index in [9.17, 15) is 4.79 Å². The number of hydrogen-bond acceptors (Lipinski definition) is 4. The fourth-order valence-electron chi connectivity index (χ4n) is 2.34. The van der Waals surface area contributed by atoms with Crippen LogP contribution >= 0.6 is 0 Å². The van der Waals surface area contributed by atoms with Crippen LogP contribution in [0, 0.1) is 0 Å². The van der Waals surface area contributed by atoms with E-state index in [4.69, 9.17) is 15.2 Å². The molecule has 1 saturated carbocycles. The van der Waals surface area contributed by atoms with Crippen LogP contribution in [0.5, 0.6) is 0 Å². The second-order valence-electron chi connectivity index (χ2n) is 4.94. The van der Waals surface area contributed by atoms with Crippen LogP contribution in [-0.2, 0) is 14.3 Å². The normalized spacial score (nSPS) is 28.3. The van der Waals surface area contributed by atoms with Gasteiger partial charge in [-0.2, -0.15) is 0 Å². The molecule has 0 amide bonds. The van der Waals surface area contributed by atoms with Gasteiger partial charge in [0.05, 0.1) is 13.2 Å². The molecule has 2 N–H and O–H groups in total. The molecule has 0 bridgehead atoms. The summed E-state index contributed by atoms with van der Waals surface area (Å²) in [6.07, 6.45) is 7.05. The molecular weight excluding hydrogens is 218 g/mol. The van der Waals surface area contributed by atoms with Gasteiger partial charge in [0.25, 0.3) is 0 Å². The van der Waals surface area contributed by atoms with Gasteiger partial charge in [0.15, 0.2) is 0 Å². The lowest BCUT2D eigenvalue weighted by molar-refractivity contribution is -0.147. The Balaban J connectivity index is 2.19. The molecule has 0 aromatic heterocycles. The fourth-order valence-corrected chi connectivity index (χ4v) is 2.34. The second-order valence-corrected chi connectivity index (χ2v) is 4.94. The van der Waals surface area contributed by atoms with Gasteiger partial charge in [0, 0.05) is 13.0 Å². The second kappa shape index (κ2) is 6.97. The molecule has 2 atom stereocenters. The van der Waals surface area contributed by atoms with Crippen LogP contribution in [0.15, 0.2) is 0 Å². The van der Waals surface area contributed by atoms with Gasteiger partial charge >= 0.3 is 5.97 Å². The van der Waals surface area contributed by atoms with Gasteiger partial charge in [-0.05, 0) is 19.3 Å².